The van der Waals surface area contributed by atoms with E-state index in [1.54, 1.807) is 4.90 Å². The second-order valence-corrected chi connectivity index (χ2v) is 5.70. The van der Waals surface area contributed by atoms with E-state index in [2.05, 4.69) is 6.58 Å². The molecule has 0 aliphatic carbocycles. The van der Waals surface area contributed by atoms with Crippen molar-refractivity contribution in [1.29, 1.82) is 0 Å². The van der Waals surface area contributed by atoms with Gasteiger partial charge in [0, 0.05) is 19.0 Å². The number of amides is 1. The Morgan fingerprint density at radius 3 is 2.61 bits per heavy atom. The molecule has 4 heteroatoms. The summed E-state index contributed by atoms with van der Waals surface area (Å²) in [7, 11) is 0. The average Bonchev–Trinajstić information content (AvgIpc) is 2.27. The molecule has 0 aromatic carbocycles. The molecule has 1 unspecified atom stereocenters. The Bertz CT molecular complexity index is 330. The number of piperidine rings is 1. The van der Waals surface area contributed by atoms with Crippen molar-refractivity contribution in [3.8, 4) is 0 Å². The summed E-state index contributed by atoms with van der Waals surface area (Å²) in [5.41, 5.74) is -0.498. The third-order valence-corrected chi connectivity index (χ3v) is 2.92. The van der Waals surface area contributed by atoms with Gasteiger partial charge >= 0.3 is 6.09 Å². The first-order valence-electron chi connectivity index (χ1n) is 6.48. The van der Waals surface area contributed by atoms with Gasteiger partial charge in [-0.15, -0.1) is 0 Å². The summed E-state index contributed by atoms with van der Waals surface area (Å²) in [5, 5.41) is 0. The number of hydrogen-bond acceptors (Lipinski definition) is 3. The maximum Gasteiger partial charge on any atom is 0.410 e. The van der Waals surface area contributed by atoms with Gasteiger partial charge in [-0.05, 0) is 46.1 Å². The molecule has 18 heavy (non-hydrogen) atoms. The van der Waals surface area contributed by atoms with E-state index in [-0.39, 0.29) is 17.9 Å². The second-order valence-electron chi connectivity index (χ2n) is 5.70. The van der Waals surface area contributed by atoms with Crippen LogP contribution in [0.4, 0.5) is 4.79 Å². The number of hydrogen-bond donors (Lipinski definition) is 0. The molecule has 1 heterocycles. The van der Waals surface area contributed by atoms with E-state index in [4.69, 9.17) is 4.74 Å². The Hall–Kier alpha value is -1.32. The zero-order valence-corrected chi connectivity index (χ0v) is 11.6. The molecule has 0 bridgehead atoms. The molecule has 0 aromatic heterocycles. The van der Waals surface area contributed by atoms with Crippen LogP contribution in [0.2, 0.25) is 0 Å². The highest BCUT2D eigenvalue weighted by molar-refractivity contribution is 5.89. The van der Waals surface area contributed by atoms with E-state index in [0.717, 1.165) is 19.3 Å². The van der Waals surface area contributed by atoms with Gasteiger partial charge in [0.25, 0.3) is 0 Å². The van der Waals surface area contributed by atoms with Crippen LogP contribution in [0.15, 0.2) is 12.7 Å². The van der Waals surface area contributed by atoms with E-state index >= 15 is 0 Å². The molecule has 1 aliphatic rings. The summed E-state index contributed by atoms with van der Waals surface area (Å²) in [6.07, 6.45) is 4.24. The molecule has 4 nitrogen and oxygen atoms in total. The molecule has 1 saturated heterocycles. The normalized spacial score (nSPS) is 20.4. The van der Waals surface area contributed by atoms with Crippen molar-refractivity contribution in [2.24, 2.45) is 0 Å². The smallest absolute Gasteiger partial charge is 0.410 e. The highest BCUT2D eigenvalue weighted by Crippen LogP contribution is 2.22. The van der Waals surface area contributed by atoms with Crippen molar-refractivity contribution in [2.45, 2.75) is 58.1 Å². The summed E-state index contributed by atoms with van der Waals surface area (Å²) in [5.74, 6) is -0.0181. The number of carbonyl (C=O) groups excluding carboxylic acids is 2. The number of ketones is 1. The number of likely N-dealkylation sites (tertiary alicyclic amines) is 1. The van der Waals surface area contributed by atoms with Crippen LogP contribution in [0.25, 0.3) is 0 Å². The Morgan fingerprint density at radius 1 is 1.39 bits per heavy atom. The van der Waals surface area contributed by atoms with Gasteiger partial charge in [0.05, 0.1) is 0 Å². The first-order chi connectivity index (χ1) is 8.33. The Labute approximate surface area is 109 Å². The van der Waals surface area contributed by atoms with Crippen LogP contribution in [0.5, 0.6) is 0 Å². The lowest BCUT2D eigenvalue weighted by Crippen LogP contribution is -2.46. The van der Waals surface area contributed by atoms with Gasteiger partial charge in [-0.1, -0.05) is 6.58 Å². The molecule has 0 saturated carbocycles. The van der Waals surface area contributed by atoms with E-state index in [1.807, 2.05) is 20.8 Å². The molecule has 1 amide bonds. The molecule has 102 valence electrons. The Morgan fingerprint density at radius 2 is 2.06 bits per heavy atom. The van der Waals surface area contributed by atoms with Crippen molar-refractivity contribution in [3.05, 3.63) is 12.7 Å². The monoisotopic (exact) mass is 253 g/mol. The van der Waals surface area contributed by atoms with Gasteiger partial charge < -0.3 is 9.64 Å². The summed E-state index contributed by atoms with van der Waals surface area (Å²) in [6, 6.07) is -0.0425. The average molecular weight is 253 g/mol. The molecule has 1 aliphatic heterocycles. The number of allylic oxidation sites excluding steroid dienone is 1. The van der Waals surface area contributed by atoms with Crippen molar-refractivity contribution < 1.29 is 14.3 Å². The second kappa shape index (κ2) is 6.03. The predicted octanol–water partition coefficient (Wildman–Crippen LogP) is 2.92. The fourth-order valence-corrected chi connectivity index (χ4v) is 2.09. The third kappa shape index (κ3) is 4.51. The largest absolute Gasteiger partial charge is 0.444 e. The minimum absolute atomic E-state index is 0.0181. The first-order valence-corrected chi connectivity index (χ1v) is 6.48. The van der Waals surface area contributed by atoms with Crippen LogP contribution in [0, 0.1) is 0 Å². The summed E-state index contributed by atoms with van der Waals surface area (Å²) in [6.45, 7) is 9.68. The van der Waals surface area contributed by atoms with Crippen LogP contribution in [-0.4, -0.2) is 35.0 Å². The number of nitrogens with zero attached hydrogens (tertiary/aromatic N) is 1. The zero-order chi connectivity index (χ0) is 13.8. The van der Waals surface area contributed by atoms with Gasteiger partial charge in [0.2, 0.25) is 0 Å². The fraction of sp³-hybridized carbons (Fsp3) is 0.714. The fourth-order valence-electron chi connectivity index (χ4n) is 2.09. The van der Waals surface area contributed by atoms with Crippen molar-refractivity contribution in [1.82, 2.24) is 4.90 Å². The summed E-state index contributed by atoms with van der Waals surface area (Å²) in [4.78, 5) is 25.2. The molecular formula is C14H23NO3. The lowest BCUT2D eigenvalue weighted by molar-refractivity contribution is -0.115. The van der Waals surface area contributed by atoms with Crippen molar-refractivity contribution >= 4 is 11.9 Å². The lowest BCUT2D eigenvalue weighted by atomic mass is 9.98. The lowest BCUT2D eigenvalue weighted by Gasteiger charge is -2.36. The van der Waals surface area contributed by atoms with E-state index in [9.17, 15) is 9.59 Å². The molecule has 0 aromatic rings. The molecular weight excluding hydrogens is 230 g/mol. The van der Waals surface area contributed by atoms with Crippen LogP contribution in [0.1, 0.15) is 46.5 Å². The molecule has 1 fully saturated rings. The Balaban J connectivity index is 2.66. The van der Waals surface area contributed by atoms with Crippen LogP contribution in [0.3, 0.4) is 0 Å². The number of carbonyl (C=O) groups is 2. The van der Waals surface area contributed by atoms with E-state index in [1.165, 1.54) is 6.08 Å². The maximum absolute atomic E-state index is 12.1. The number of ether oxygens (including phenoxy) is 1. The van der Waals surface area contributed by atoms with E-state index < -0.39 is 5.60 Å². The van der Waals surface area contributed by atoms with Gasteiger partial charge in [-0.2, -0.15) is 0 Å². The maximum atomic E-state index is 12.1. The molecule has 1 atom stereocenters. The molecule has 1 rings (SSSR count). The van der Waals surface area contributed by atoms with Gasteiger partial charge in [0.15, 0.2) is 5.78 Å². The van der Waals surface area contributed by atoms with Crippen LogP contribution in [-0.2, 0) is 9.53 Å². The van der Waals surface area contributed by atoms with Gasteiger partial charge in [-0.3, -0.25) is 4.79 Å². The standard InChI is InChI=1S/C14H23NO3/c1-5-12(16)10-11-8-6-7-9-15(11)13(17)18-14(2,3)4/h5,11H,1,6-10H2,2-4H3. The van der Waals surface area contributed by atoms with Crippen LogP contribution >= 0.6 is 0 Å². The van der Waals surface area contributed by atoms with Crippen LogP contribution < -0.4 is 0 Å². The minimum atomic E-state index is -0.498. The van der Waals surface area contributed by atoms with Gasteiger partial charge in [0.1, 0.15) is 5.60 Å². The van der Waals surface area contributed by atoms with E-state index in [0.29, 0.717) is 13.0 Å². The summed E-state index contributed by atoms with van der Waals surface area (Å²) >= 11 is 0. The Kier molecular flexibility index (Phi) is 4.93. The zero-order valence-electron chi connectivity index (χ0n) is 11.6. The highest BCUT2D eigenvalue weighted by atomic mass is 16.6. The minimum Gasteiger partial charge on any atom is -0.444 e. The molecule has 0 spiro atoms. The quantitative estimate of drug-likeness (QED) is 0.726. The molecule has 0 radical (unpaired) electrons. The number of rotatable bonds is 3. The molecule has 0 N–H and O–H groups in total. The van der Waals surface area contributed by atoms with Crippen molar-refractivity contribution in [3.63, 3.8) is 0 Å². The first kappa shape index (κ1) is 14.7. The summed E-state index contributed by atoms with van der Waals surface area (Å²) < 4.78 is 5.37. The topological polar surface area (TPSA) is 46.6 Å². The SMILES string of the molecule is C=CC(=O)CC1CCCCN1C(=O)OC(C)(C)C. The third-order valence-electron chi connectivity index (χ3n) is 2.92. The van der Waals surface area contributed by atoms with Crippen molar-refractivity contribution in [2.75, 3.05) is 6.54 Å². The highest BCUT2D eigenvalue weighted by Gasteiger charge is 2.31. The predicted molar refractivity (Wildman–Crippen MR) is 70.4 cm³/mol. The van der Waals surface area contributed by atoms with Gasteiger partial charge in [-0.25, -0.2) is 4.79 Å².